The van der Waals surface area contributed by atoms with Crippen molar-refractivity contribution >= 4 is 5.91 Å². The first-order valence-corrected chi connectivity index (χ1v) is 7.18. The van der Waals surface area contributed by atoms with Gasteiger partial charge >= 0.3 is 0 Å². The number of rotatable bonds is 6. The summed E-state index contributed by atoms with van der Waals surface area (Å²) >= 11 is 0. The zero-order valence-corrected chi connectivity index (χ0v) is 12.4. The maximum absolute atomic E-state index is 12.2. The van der Waals surface area contributed by atoms with Crippen LogP contribution in [0.1, 0.15) is 30.8 Å². The van der Waals surface area contributed by atoms with Gasteiger partial charge in [-0.1, -0.05) is 44.2 Å². The van der Waals surface area contributed by atoms with Gasteiger partial charge in [0, 0.05) is 12.1 Å². The van der Waals surface area contributed by atoms with Crippen molar-refractivity contribution in [3.63, 3.8) is 0 Å². The van der Waals surface area contributed by atoms with Gasteiger partial charge in [0.05, 0.1) is 12.4 Å². The molecule has 4 nitrogen and oxygen atoms in total. The SMILES string of the molecule is CC(C)C(O)CCNC(=O)c1occc1-c1ccccc1. The maximum Gasteiger partial charge on any atom is 0.287 e. The first kappa shape index (κ1) is 15.3. The fraction of sp³-hybridized carbons (Fsp3) is 0.353. The van der Waals surface area contributed by atoms with Gasteiger partial charge in [-0.25, -0.2) is 0 Å². The molecule has 2 N–H and O–H groups in total. The van der Waals surface area contributed by atoms with Gasteiger partial charge in [-0.2, -0.15) is 0 Å². The molecule has 0 spiro atoms. The van der Waals surface area contributed by atoms with E-state index in [-0.39, 0.29) is 11.8 Å². The van der Waals surface area contributed by atoms with E-state index in [0.717, 1.165) is 11.1 Å². The van der Waals surface area contributed by atoms with Gasteiger partial charge in [0.25, 0.3) is 5.91 Å². The van der Waals surface area contributed by atoms with Gasteiger partial charge in [0.1, 0.15) is 0 Å². The predicted molar refractivity (Wildman–Crippen MR) is 81.9 cm³/mol. The van der Waals surface area contributed by atoms with Gasteiger partial charge in [-0.05, 0) is 24.0 Å². The average molecular weight is 287 g/mol. The Kier molecular flexibility index (Phi) is 5.17. The normalized spacial score (nSPS) is 12.4. The van der Waals surface area contributed by atoms with E-state index in [1.165, 1.54) is 6.26 Å². The lowest BCUT2D eigenvalue weighted by molar-refractivity contribution is 0.0895. The van der Waals surface area contributed by atoms with Gasteiger partial charge in [0.2, 0.25) is 0 Å². The molecule has 4 heteroatoms. The van der Waals surface area contributed by atoms with Crippen LogP contribution in [0.2, 0.25) is 0 Å². The van der Waals surface area contributed by atoms with Crippen molar-refractivity contribution in [2.45, 2.75) is 26.4 Å². The summed E-state index contributed by atoms with van der Waals surface area (Å²) in [5, 5.41) is 12.5. The minimum Gasteiger partial charge on any atom is -0.459 e. The highest BCUT2D eigenvalue weighted by Gasteiger charge is 2.17. The number of hydrogen-bond acceptors (Lipinski definition) is 3. The molecule has 0 bridgehead atoms. The zero-order valence-electron chi connectivity index (χ0n) is 12.4. The van der Waals surface area contributed by atoms with Crippen LogP contribution in [0.25, 0.3) is 11.1 Å². The average Bonchev–Trinajstić information content (AvgIpc) is 2.97. The van der Waals surface area contributed by atoms with E-state index >= 15 is 0 Å². The van der Waals surface area contributed by atoms with Crippen molar-refractivity contribution < 1.29 is 14.3 Å². The Balaban J connectivity index is 2.00. The molecule has 1 amide bonds. The van der Waals surface area contributed by atoms with Crippen LogP contribution in [0, 0.1) is 5.92 Å². The molecular formula is C17H21NO3. The number of aliphatic hydroxyl groups is 1. The largest absolute Gasteiger partial charge is 0.459 e. The first-order valence-electron chi connectivity index (χ1n) is 7.18. The molecule has 1 unspecified atom stereocenters. The number of benzene rings is 1. The number of nitrogens with one attached hydrogen (secondary N) is 1. The number of aliphatic hydroxyl groups excluding tert-OH is 1. The molecule has 1 atom stereocenters. The third kappa shape index (κ3) is 3.95. The third-order valence-corrected chi connectivity index (χ3v) is 3.45. The molecule has 21 heavy (non-hydrogen) atoms. The van der Waals surface area contributed by atoms with Crippen LogP contribution in [0.3, 0.4) is 0 Å². The summed E-state index contributed by atoms with van der Waals surface area (Å²) in [5.41, 5.74) is 1.72. The number of carbonyl (C=O) groups excluding carboxylic acids is 1. The monoisotopic (exact) mass is 287 g/mol. The van der Waals surface area contributed by atoms with E-state index < -0.39 is 6.10 Å². The molecule has 0 aliphatic rings. The predicted octanol–water partition coefficient (Wildman–Crippen LogP) is 3.08. The van der Waals surface area contributed by atoms with Crippen molar-refractivity contribution in [3.05, 3.63) is 48.4 Å². The summed E-state index contributed by atoms with van der Waals surface area (Å²) < 4.78 is 5.31. The molecule has 0 aliphatic heterocycles. The summed E-state index contributed by atoms with van der Waals surface area (Å²) in [7, 11) is 0. The Morgan fingerprint density at radius 3 is 2.62 bits per heavy atom. The molecular weight excluding hydrogens is 266 g/mol. The lowest BCUT2D eigenvalue weighted by Gasteiger charge is -2.14. The molecule has 2 aromatic rings. The summed E-state index contributed by atoms with van der Waals surface area (Å²) in [5.74, 6) is 0.237. The minimum absolute atomic E-state index is 0.186. The second-order valence-corrected chi connectivity index (χ2v) is 5.39. The highest BCUT2D eigenvalue weighted by molar-refractivity contribution is 5.98. The molecule has 0 radical (unpaired) electrons. The maximum atomic E-state index is 12.2. The number of furan rings is 1. The summed E-state index contributed by atoms with van der Waals surface area (Å²) in [4.78, 5) is 12.2. The smallest absolute Gasteiger partial charge is 0.287 e. The number of carbonyl (C=O) groups is 1. The second kappa shape index (κ2) is 7.09. The molecule has 0 fully saturated rings. The van der Waals surface area contributed by atoms with Crippen molar-refractivity contribution in [2.75, 3.05) is 6.54 Å². The van der Waals surface area contributed by atoms with E-state index in [9.17, 15) is 9.90 Å². The molecule has 1 aromatic carbocycles. The molecule has 2 rings (SSSR count). The summed E-state index contributed by atoms with van der Waals surface area (Å²) in [6, 6.07) is 11.4. The lowest BCUT2D eigenvalue weighted by atomic mass is 10.0. The van der Waals surface area contributed by atoms with E-state index in [1.807, 2.05) is 44.2 Å². The van der Waals surface area contributed by atoms with Crippen molar-refractivity contribution in [3.8, 4) is 11.1 Å². The molecule has 0 saturated heterocycles. The van der Waals surface area contributed by atoms with Crippen LogP contribution in [-0.2, 0) is 0 Å². The van der Waals surface area contributed by atoms with E-state index in [2.05, 4.69) is 5.32 Å². The Labute approximate surface area is 124 Å². The van der Waals surface area contributed by atoms with Gasteiger partial charge in [0.15, 0.2) is 5.76 Å². The molecule has 1 heterocycles. The quantitative estimate of drug-likeness (QED) is 0.858. The first-order chi connectivity index (χ1) is 10.1. The lowest BCUT2D eigenvalue weighted by Crippen LogP contribution is -2.28. The zero-order chi connectivity index (χ0) is 15.2. The molecule has 112 valence electrons. The topological polar surface area (TPSA) is 62.5 Å². The highest BCUT2D eigenvalue weighted by atomic mass is 16.3. The Hall–Kier alpha value is -2.07. The third-order valence-electron chi connectivity index (χ3n) is 3.45. The summed E-state index contributed by atoms with van der Waals surface area (Å²) in [6.07, 6.45) is 1.64. The van der Waals surface area contributed by atoms with Crippen molar-refractivity contribution in [1.82, 2.24) is 5.32 Å². The fourth-order valence-electron chi connectivity index (χ4n) is 2.08. The Morgan fingerprint density at radius 1 is 1.24 bits per heavy atom. The van der Waals surface area contributed by atoms with Crippen molar-refractivity contribution in [1.29, 1.82) is 0 Å². The van der Waals surface area contributed by atoms with Gasteiger partial charge in [-0.3, -0.25) is 4.79 Å². The van der Waals surface area contributed by atoms with Gasteiger partial charge in [-0.15, -0.1) is 0 Å². The van der Waals surface area contributed by atoms with Gasteiger partial charge < -0.3 is 14.8 Å². The molecule has 0 aliphatic carbocycles. The molecule has 0 saturated carbocycles. The van der Waals surface area contributed by atoms with E-state index in [1.54, 1.807) is 6.07 Å². The van der Waals surface area contributed by atoms with E-state index in [0.29, 0.717) is 18.7 Å². The van der Waals surface area contributed by atoms with Crippen LogP contribution in [0.5, 0.6) is 0 Å². The standard InChI is InChI=1S/C17H21NO3/c1-12(2)15(19)8-10-18-17(20)16-14(9-11-21-16)13-6-4-3-5-7-13/h3-7,9,11-12,15,19H,8,10H2,1-2H3,(H,18,20). The fourth-order valence-corrected chi connectivity index (χ4v) is 2.08. The number of hydrogen-bond donors (Lipinski definition) is 2. The van der Waals surface area contributed by atoms with Crippen LogP contribution in [0.4, 0.5) is 0 Å². The molecule has 1 aromatic heterocycles. The van der Waals surface area contributed by atoms with Crippen LogP contribution in [0.15, 0.2) is 47.1 Å². The van der Waals surface area contributed by atoms with Crippen LogP contribution >= 0.6 is 0 Å². The van der Waals surface area contributed by atoms with E-state index in [4.69, 9.17) is 4.42 Å². The minimum atomic E-state index is -0.407. The van der Waals surface area contributed by atoms with Crippen LogP contribution < -0.4 is 5.32 Å². The highest BCUT2D eigenvalue weighted by Crippen LogP contribution is 2.24. The number of amides is 1. The van der Waals surface area contributed by atoms with Crippen LogP contribution in [-0.4, -0.2) is 23.7 Å². The van der Waals surface area contributed by atoms with Crippen molar-refractivity contribution in [2.24, 2.45) is 5.92 Å². The summed E-state index contributed by atoms with van der Waals surface area (Å²) in [6.45, 7) is 4.33. The Bertz CT molecular complexity index is 575. The second-order valence-electron chi connectivity index (χ2n) is 5.39. The Morgan fingerprint density at radius 2 is 1.95 bits per heavy atom.